The Morgan fingerprint density at radius 2 is 1.81 bits per heavy atom. The fourth-order valence-electron chi connectivity index (χ4n) is 3.82. The third-order valence-electron chi connectivity index (χ3n) is 5.21. The van der Waals surface area contributed by atoms with E-state index in [-0.39, 0.29) is 23.7 Å². The lowest BCUT2D eigenvalue weighted by molar-refractivity contribution is 0.173. The van der Waals surface area contributed by atoms with Gasteiger partial charge in [-0.1, -0.05) is 30.3 Å². The van der Waals surface area contributed by atoms with Gasteiger partial charge in [0.2, 0.25) is 10.0 Å². The van der Waals surface area contributed by atoms with Crippen LogP contribution in [0, 0.1) is 5.92 Å². The predicted molar refractivity (Wildman–Crippen MR) is 101 cm³/mol. The van der Waals surface area contributed by atoms with Crippen molar-refractivity contribution in [1.29, 1.82) is 0 Å². The quantitative estimate of drug-likeness (QED) is 0.796. The molecule has 2 aliphatic heterocycles. The first-order valence-corrected chi connectivity index (χ1v) is 10.9. The molecule has 3 rings (SSSR count). The Balaban J connectivity index is 1.40. The van der Waals surface area contributed by atoms with E-state index in [4.69, 9.17) is 5.14 Å². The maximum Gasteiger partial charge on any atom is 0.317 e. The topological polar surface area (TPSA) is 95.7 Å². The molecule has 2 saturated heterocycles. The highest BCUT2D eigenvalue weighted by molar-refractivity contribution is 7.89. The molecule has 144 valence electrons. The van der Waals surface area contributed by atoms with Crippen molar-refractivity contribution in [1.82, 2.24) is 15.1 Å². The van der Waals surface area contributed by atoms with Crippen LogP contribution in [0.5, 0.6) is 0 Å². The minimum atomic E-state index is -3.48. The molecule has 26 heavy (non-hydrogen) atoms. The molecule has 1 atom stereocenters. The Morgan fingerprint density at radius 1 is 1.12 bits per heavy atom. The van der Waals surface area contributed by atoms with Crippen LogP contribution in [0.4, 0.5) is 4.79 Å². The number of nitrogens with one attached hydrogen (secondary N) is 1. The number of likely N-dealkylation sites (tertiary alicyclic amines) is 2. The van der Waals surface area contributed by atoms with Crippen molar-refractivity contribution in [3.05, 3.63) is 35.9 Å². The van der Waals surface area contributed by atoms with Crippen molar-refractivity contribution in [2.24, 2.45) is 11.1 Å². The van der Waals surface area contributed by atoms with E-state index in [1.807, 2.05) is 6.07 Å². The van der Waals surface area contributed by atoms with Gasteiger partial charge in [-0.3, -0.25) is 4.90 Å². The molecule has 0 radical (unpaired) electrons. The summed E-state index contributed by atoms with van der Waals surface area (Å²) in [5.74, 6) is -0.0993. The number of piperidine rings is 1. The number of carbonyl (C=O) groups is 1. The second-order valence-corrected chi connectivity index (χ2v) is 9.07. The number of benzene rings is 1. The van der Waals surface area contributed by atoms with Crippen LogP contribution in [0.2, 0.25) is 0 Å². The molecule has 0 aliphatic carbocycles. The minimum Gasteiger partial charge on any atom is -0.335 e. The number of nitrogens with two attached hydrogens (primary N) is 1. The van der Waals surface area contributed by atoms with E-state index in [1.165, 1.54) is 5.56 Å². The number of hydrogen-bond donors (Lipinski definition) is 2. The highest BCUT2D eigenvalue weighted by Gasteiger charge is 2.30. The van der Waals surface area contributed by atoms with E-state index >= 15 is 0 Å². The lowest BCUT2D eigenvalue weighted by Crippen LogP contribution is -2.48. The van der Waals surface area contributed by atoms with Crippen molar-refractivity contribution < 1.29 is 13.2 Å². The molecule has 1 aromatic carbocycles. The molecule has 8 heteroatoms. The summed E-state index contributed by atoms with van der Waals surface area (Å²) in [6.07, 6.45) is 2.57. The van der Waals surface area contributed by atoms with Crippen LogP contribution in [0.15, 0.2) is 30.3 Å². The lowest BCUT2D eigenvalue weighted by Gasteiger charge is -2.33. The third-order valence-corrected chi connectivity index (χ3v) is 6.14. The largest absolute Gasteiger partial charge is 0.335 e. The second-order valence-electron chi connectivity index (χ2n) is 7.42. The van der Waals surface area contributed by atoms with E-state index in [1.54, 1.807) is 4.90 Å². The second kappa shape index (κ2) is 8.37. The molecule has 1 aromatic rings. The fourth-order valence-corrected chi connectivity index (χ4v) is 4.75. The monoisotopic (exact) mass is 380 g/mol. The lowest BCUT2D eigenvalue weighted by atomic mass is 10.0. The highest BCUT2D eigenvalue weighted by Crippen LogP contribution is 2.19. The first-order chi connectivity index (χ1) is 12.4. The first kappa shape index (κ1) is 19.1. The van der Waals surface area contributed by atoms with Gasteiger partial charge in [0.1, 0.15) is 0 Å². The number of rotatable bonds is 5. The zero-order valence-corrected chi connectivity index (χ0v) is 15.8. The van der Waals surface area contributed by atoms with Crippen molar-refractivity contribution in [3.63, 3.8) is 0 Å². The average molecular weight is 381 g/mol. The average Bonchev–Trinajstić information content (AvgIpc) is 3.04. The number of sulfonamides is 1. The van der Waals surface area contributed by atoms with Gasteiger partial charge in [0.05, 0.1) is 5.75 Å². The van der Waals surface area contributed by atoms with E-state index < -0.39 is 10.0 Å². The maximum atomic E-state index is 12.4. The smallest absolute Gasteiger partial charge is 0.317 e. The Hall–Kier alpha value is -1.64. The number of primary sulfonamides is 1. The zero-order chi connectivity index (χ0) is 18.6. The molecule has 0 unspecified atom stereocenters. The molecule has 0 aromatic heterocycles. The highest BCUT2D eigenvalue weighted by atomic mass is 32.2. The number of nitrogens with zero attached hydrogens (tertiary/aromatic N) is 2. The molecule has 7 nitrogen and oxygen atoms in total. The standard InChI is InChI=1S/C18H28N4O3S/c19-26(24,25)14-16-6-11-22(13-16)18(23)20-17-7-9-21(10-8-17)12-15-4-2-1-3-5-15/h1-5,16-17H,6-14H2,(H,20,23)(H2,19,24,25)/t16-/m0/s1. The maximum absolute atomic E-state index is 12.4. The number of amides is 2. The van der Waals surface area contributed by atoms with Crippen LogP contribution in [-0.4, -0.2) is 62.2 Å². The van der Waals surface area contributed by atoms with Gasteiger partial charge < -0.3 is 10.2 Å². The van der Waals surface area contributed by atoms with Gasteiger partial charge in [0.15, 0.2) is 0 Å². The summed E-state index contributed by atoms with van der Waals surface area (Å²) in [4.78, 5) is 16.5. The molecule has 0 spiro atoms. The van der Waals surface area contributed by atoms with Gasteiger partial charge in [-0.25, -0.2) is 18.4 Å². The summed E-state index contributed by atoms with van der Waals surface area (Å²) in [5, 5.41) is 8.21. The molecular formula is C18H28N4O3S. The first-order valence-electron chi connectivity index (χ1n) is 9.21. The molecule has 2 heterocycles. The molecule has 2 amide bonds. The van der Waals surface area contributed by atoms with Gasteiger partial charge in [0, 0.05) is 38.8 Å². The molecular weight excluding hydrogens is 352 g/mol. The van der Waals surface area contributed by atoms with Gasteiger partial charge in [-0.2, -0.15) is 0 Å². The summed E-state index contributed by atoms with van der Waals surface area (Å²) in [7, 11) is -3.48. The van der Waals surface area contributed by atoms with Crippen LogP contribution in [0.25, 0.3) is 0 Å². The summed E-state index contributed by atoms with van der Waals surface area (Å²) in [6, 6.07) is 10.5. The van der Waals surface area contributed by atoms with E-state index in [9.17, 15) is 13.2 Å². The molecule has 0 bridgehead atoms. The number of urea groups is 1. The summed E-state index contributed by atoms with van der Waals surface area (Å²) < 4.78 is 22.4. The van der Waals surface area contributed by atoms with Gasteiger partial charge in [-0.15, -0.1) is 0 Å². The molecule has 2 aliphatic rings. The van der Waals surface area contributed by atoms with Crippen LogP contribution >= 0.6 is 0 Å². The van der Waals surface area contributed by atoms with Crippen molar-refractivity contribution in [2.45, 2.75) is 31.8 Å². The fraction of sp³-hybridized carbons (Fsp3) is 0.611. The predicted octanol–water partition coefficient (Wildman–Crippen LogP) is 0.971. The number of hydrogen-bond acceptors (Lipinski definition) is 4. The van der Waals surface area contributed by atoms with Crippen molar-refractivity contribution in [3.8, 4) is 0 Å². The SMILES string of the molecule is NS(=O)(=O)C[C@H]1CCN(C(=O)NC2CCN(Cc3ccccc3)CC2)C1. The normalized spacial score (nSPS) is 22.5. The van der Waals surface area contributed by atoms with Crippen LogP contribution in [0.1, 0.15) is 24.8 Å². The molecule has 3 N–H and O–H groups in total. The van der Waals surface area contributed by atoms with Crippen LogP contribution in [0.3, 0.4) is 0 Å². The summed E-state index contributed by atoms with van der Waals surface area (Å²) in [6.45, 7) is 3.94. The Kier molecular flexibility index (Phi) is 6.16. The molecule has 0 saturated carbocycles. The van der Waals surface area contributed by atoms with E-state index in [2.05, 4.69) is 34.5 Å². The Morgan fingerprint density at radius 3 is 2.46 bits per heavy atom. The van der Waals surface area contributed by atoms with E-state index in [0.717, 1.165) is 32.5 Å². The van der Waals surface area contributed by atoms with Gasteiger partial charge >= 0.3 is 6.03 Å². The van der Waals surface area contributed by atoms with Crippen molar-refractivity contribution in [2.75, 3.05) is 31.9 Å². The number of carbonyl (C=O) groups excluding carboxylic acids is 1. The summed E-state index contributed by atoms with van der Waals surface area (Å²) in [5.41, 5.74) is 1.31. The van der Waals surface area contributed by atoms with Crippen LogP contribution in [-0.2, 0) is 16.6 Å². The Bertz CT molecular complexity index is 702. The van der Waals surface area contributed by atoms with E-state index in [0.29, 0.717) is 19.5 Å². The zero-order valence-electron chi connectivity index (χ0n) is 15.0. The molecule has 2 fully saturated rings. The minimum absolute atomic E-state index is 0.0470. The van der Waals surface area contributed by atoms with Gasteiger partial charge in [0.25, 0.3) is 0 Å². The van der Waals surface area contributed by atoms with Crippen molar-refractivity contribution >= 4 is 16.1 Å². The van der Waals surface area contributed by atoms with Gasteiger partial charge in [-0.05, 0) is 30.7 Å². The summed E-state index contributed by atoms with van der Waals surface area (Å²) >= 11 is 0. The Labute approximate surface area is 155 Å². The third kappa shape index (κ3) is 5.69. The van der Waals surface area contributed by atoms with Crippen LogP contribution < -0.4 is 10.5 Å².